The first-order valence-corrected chi connectivity index (χ1v) is 7.31. The number of carbonyl (C=O) groups is 1. The second-order valence-electron chi connectivity index (χ2n) is 5.69. The van der Waals surface area contributed by atoms with Gasteiger partial charge in [-0.2, -0.15) is 0 Å². The van der Waals surface area contributed by atoms with E-state index in [1.807, 2.05) is 11.8 Å². The Labute approximate surface area is 110 Å². The van der Waals surface area contributed by atoms with Gasteiger partial charge >= 0.3 is 0 Å². The molecule has 0 bridgehead atoms. The minimum Gasteiger partial charge on any atom is -0.381 e. The Morgan fingerprint density at radius 3 is 2.61 bits per heavy atom. The lowest BCUT2D eigenvalue weighted by Gasteiger charge is -2.31. The second kappa shape index (κ2) is 6.53. The topological polar surface area (TPSA) is 41.6 Å². The zero-order valence-corrected chi connectivity index (χ0v) is 11.7. The van der Waals surface area contributed by atoms with Gasteiger partial charge in [-0.25, -0.2) is 0 Å². The molecule has 2 heterocycles. The predicted molar refractivity (Wildman–Crippen MR) is 71.4 cm³/mol. The van der Waals surface area contributed by atoms with Gasteiger partial charge in [-0.3, -0.25) is 4.79 Å². The maximum absolute atomic E-state index is 12.3. The maximum Gasteiger partial charge on any atom is 0.239 e. The summed E-state index contributed by atoms with van der Waals surface area (Å²) in [6.45, 7) is 7.73. The molecule has 1 N–H and O–H groups in total. The van der Waals surface area contributed by atoms with Crippen LogP contribution in [0.2, 0.25) is 0 Å². The molecular weight excluding hydrogens is 228 g/mol. The van der Waals surface area contributed by atoms with E-state index in [-0.39, 0.29) is 11.9 Å². The number of ether oxygens (including phenoxy) is 1. The monoisotopic (exact) mass is 254 g/mol. The zero-order chi connectivity index (χ0) is 13.0. The van der Waals surface area contributed by atoms with Gasteiger partial charge < -0.3 is 15.0 Å². The molecule has 0 spiro atoms. The molecule has 18 heavy (non-hydrogen) atoms. The van der Waals surface area contributed by atoms with Crippen LogP contribution in [0.15, 0.2) is 0 Å². The smallest absolute Gasteiger partial charge is 0.239 e. The van der Waals surface area contributed by atoms with Crippen LogP contribution in [-0.4, -0.2) is 49.2 Å². The van der Waals surface area contributed by atoms with Gasteiger partial charge in [-0.1, -0.05) is 0 Å². The number of nitrogens with zero attached hydrogens (tertiary/aromatic N) is 1. The van der Waals surface area contributed by atoms with Crippen molar-refractivity contribution in [2.24, 2.45) is 5.92 Å². The number of piperidine rings is 1. The summed E-state index contributed by atoms with van der Waals surface area (Å²) in [5, 5.41) is 3.45. The number of hydrogen-bond donors (Lipinski definition) is 1. The lowest BCUT2D eigenvalue weighted by Crippen LogP contribution is -2.50. The average Bonchev–Trinajstić information content (AvgIpc) is 2.92. The van der Waals surface area contributed by atoms with Crippen molar-refractivity contribution in [3.8, 4) is 0 Å². The quantitative estimate of drug-likeness (QED) is 0.824. The molecule has 2 aliphatic heterocycles. The van der Waals surface area contributed by atoms with Crippen molar-refractivity contribution in [1.82, 2.24) is 10.2 Å². The van der Waals surface area contributed by atoms with E-state index in [1.54, 1.807) is 0 Å². The third kappa shape index (κ3) is 3.45. The third-order valence-corrected chi connectivity index (χ3v) is 4.22. The summed E-state index contributed by atoms with van der Waals surface area (Å²) in [6.07, 6.45) is 4.69. The molecule has 2 saturated heterocycles. The van der Waals surface area contributed by atoms with Crippen molar-refractivity contribution in [1.29, 1.82) is 0 Å². The SMILES string of the molecule is CC(NC(C)C1CCOC1)C(=O)N1CCCCC1. The molecule has 104 valence electrons. The number of nitrogens with one attached hydrogen (secondary N) is 1. The number of rotatable bonds is 4. The van der Waals surface area contributed by atoms with Gasteiger partial charge in [0.1, 0.15) is 0 Å². The first-order valence-electron chi connectivity index (χ1n) is 7.31. The van der Waals surface area contributed by atoms with Gasteiger partial charge in [0.2, 0.25) is 5.91 Å². The van der Waals surface area contributed by atoms with Crippen LogP contribution in [-0.2, 0) is 9.53 Å². The summed E-state index contributed by atoms with van der Waals surface area (Å²) in [5.74, 6) is 0.821. The normalized spacial score (nSPS) is 28.1. The molecule has 2 aliphatic rings. The molecule has 0 saturated carbocycles. The van der Waals surface area contributed by atoms with Gasteiger partial charge in [-0.05, 0) is 45.4 Å². The minimum absolute atomic E-state index is 0.0706. The van der Waals surface area contributed by atoms with Gasteiger partial charge in [0, 0.05) is 25.7 Å². The van der Waals surface area contributed by atoms with Gasteiger partial charge in [0.25, 0.3) is 0 Å². The van der Waals surface area contributed by atoms with E-state index in [4.69, 9.17) is 4.74 Å². The molecular formula is C14H26N2O2. The van der Waals surface area contributed by atoms with Crippen molar-refractivity contribution in [2.75, 3.05) is 26.3 Å². The highest BCUT2D eigenvalue weighted by atomic mass is 16.5. The standard InChI is InChI=1S/C14H26N2O2/c1-11(13-6-9-18-10-13)15-12(2)14(17)16-7-4-3-5-8-16/h11-13,15H,3-10H2,1-2H3. The molecule has 4 nitrogen and oxygen atoms in total. The fraction of sp³-hybridized carbons (Fsp3) is 0.929. The molecule has 0 aromatic rings. The number of hydrogen-bond acceptors (Lipinski definition) is 3. The average molecular weight is 254 g/mol. The van der Waals surface area contributed by atoms with Crippen LogP contribution in [0.3, 0.4) is 0 Å². The second-order valence-corrected chi connectivity index (χ2v) is 5.69. The molecule has 0 radical (unpaired) electrons. The lowest BCUT2D eigenvalue weighted by molar-refractivity contribution is -0.134. The summed E-state index contributed by atoms with van der Waals surface area (Å²) in [7, 11) is 0. The Hall–Kier alpha value is -0.610. The van der Waals surface area contributed by atoms with Crippen molar-refractivity contribution < 1.29 is 9.53 Å². The fourth-order valence-corrected chi connectivity index (χ4v) is 2.94. The van der Waals surface area contributed by atoms with Crippen LogP contribution in [0.5, 0.6) is 0 Å². The molecule has 2 fully saturated rings. The van der Waals surface area contributed by atoms with Crippen molar-refractivity contribution in [3.05, 3.63) is 0 Å². The van der Waals surface area contributed by atoms with E-state index in [9.17, 15) is 4.79 Å². The van der Waals surface area contributed by atoms with Gasteiger partial charge in [0.15, 0.2) is 0 Å². The van der Waals surface area contributed by atoms with Crippen LogP contribution in [0.1, 0.15) is 39.5 Å². The summed E-state index contributed by atoms with van der Waals surface area (Å²) in [5.41, 5.74) is 0. The molecule has 0 aliphatic carbocycles. The van der Waals surface area contributed by atoms with Crippen molar-refractivity contribution in [3.63, 3.8) is 0 Å². The van der Waals surface area contributed by atoms with Crippen LogP contribution in [0.25, 0.3) is 0 Å². The Morgan fingerprint density at radius 1 is 1.28 bits per heavy atom. The predicted octanol–water partition coefficient (Wildman–Crippen LogP) is 1.40. The van der Waals surface area contributed by atoms with E-state index in [0.717, 1.165) is 45.6 Å². The molecule has 0 aromatic heterocycles. The summed E-state index contributed by atoms with van der Waals surface area (Å²) < 4.78 is 5.40. The van der Waals surface area contributed by atoms with Crippen molar-refractivity contribution >= 4 is 5.91 Å². The first kappa shape index (κ1) is 13.8. The molecule has 1 amide bonds. The first-order chi connectivity index (χ1) is 8.68. The fourth-order valence-electron chi connectivity index (χ4n) is 2.94. The van der Waals surface area contributed by atoms with E-state index >= 15 is 0 Å². The van der Waals surface area contributed by atoms with Crippen LogP contribution >= 0.6 is 0 Å². The Kier molecular flexibility index (Phi) is 5.01. The Bertz CT molecular complexity index is 271. The third-order valence-electron chi connectivity index (χ3n) is 4.22. The summed E-state index contributed by atoms with van der Waals surface area (Å²) in [6, 6.07) is 0.287. The summed E-state index contributed by atoms with van der Waals surface area (Å²) in [4.78, 5) is 14.3. The van der Waals surface area contributed by atoms with Gasteiger partial charge in [-0.15, -0.1) is 0 Å². The highest BCUT2D eigenvalue weighted by Crippen LogP contribution is 2.17. The minimum atomic E-state index is -0.0706. The number of amides is 1. The van der Waals surface area contributed by atoms with E-state index in [1.165, 1.54) is 6.42 Å². The van der Waals surface area contributed by atoms with E-state index in [2.05, 4.69) is 12.2 Å². The van der Waals surface area contributed by atoms with Gasteiger partial charge in [0.05, 0.1) is 12.6 Å². The number of carbonyl (C=O) groups excluding carboxylic acids is 1. The highest BCUT2D eigenvalue weighted by Gasteiger charge is 2.27. The van der Waals surface area contributed by atoms with Crippen LogP contribution in [0.4, 0.5) is 0 Å². The molecule has 2 rings (SSSR count). The molecule has 3 unspecified atom stereocenters. The largest absolute Gasteiger partial charge is 0.381 e. The van der Waals surface area contributed by atoms with Crippen molar-refractivity contribution in [2.45, 2.75) is 51.6 Å². The molecule has 3 atom stereocenters. The highest BCUT2D eigenvalue weighted by molar-refractivity contribution is 5.81. The zero-order valence-electron chi connectivity index (χ0n) is 11.7. The van der Waals surface area contributed by atoms with Crippen LogP contribution < -0.4 is 5.32 Å². The Morgan fingerprint density at radius 2 is 2.00 bits per heavy atom. The van der Waals surface area contributed by atoms with E-state index < -0.39 is 0 Å². The van der Waals surface area contributed by atoms with Crippen LogP contribution in [0, 0.1) is 5.92 Å². The maximum atomic E-state index is 12.3. The Balaban J connectivity index is 1.78. The number of likely N-dealkylation sites (tertiary alicyclic amines) is 1. The van der Waals surface area contributed by atoms with E-state index in [0.29, 0.717) is 12.0 Å². The lowest BCUT2D eigenvalue weighted by atomic mass is 10.00. The molecule has 0 aromatic carbocycles. The molecule has 4 heteroatoms. The summed E-state index contributed by atoms with van der Waals surface area (Å²) >= 11 is 0.